The molecule has 1 rings (SSSR count). The Bertz CT molecular complexity index is 185. The van der Waals surface area contributed by atoms with Gasteiger partial charge in [-0.2, -0.15) is 0 Å². The van der Waals surface area contributed by atoms with E-state index in [1.165, 1.54) is 0 Å². The number of guanidine groups is 1. The van der Waals surface area contributed by atoms with E-state index in [2.05, 4.69) is 24.2 Å². The van der Waals surface area contributed by atoms with E-state index in [0.29, 0.717) is 5.96 Å². The van der Waals surface area contributed by atoms with Crippen molar-refractivity contribution in [3.05, 3.63) is 0 Å². The summed E-state index contributed by atoms with van der Waals surface area (Å²) in [5.41, 5.74) is 5.70. The van der Waals surface area contributed by atoms with Crippen molar-refractivity contribution in [2.24, 2.45) is 10.7 Å². The second kappa shape index (κ2) is 4.46. The highest BCUT2D eigenvalue weighted by Gasteiger charge is 2.29. The van der Waals surface area contributed by atoms with Crippen LogP contribution in [-0.2, 0) is 4.74 Å². The molecule has 0 saturated carbocycles. The minimum absolute atomic E-state index is 0.0126. The summed E-state index contributed by atoms with van der Waals surface area (Å²) in [7, 11) is 0. The molecule has 13 heavy (non-hydrogen) atoms. The molecule has 0 amide bonds. The summed E-state index contributed by atoms with van der Waals surface area (Å²) in [6.07, 6.45) is 2.02. The van der Waals surface area contributed by atoms with Gasteiger partial charge in [-0.3, -0.25) is 4.99 Å². The van der Waals surface area contributed by atoms with E-state index >= 15 is 0 Å². The molecule has 76 valence electrons. The van der Waals surface area contributed by atoms with E-state index in [4.69, 9.17) is 10.5 Å². The Kier molecular flexibility index (Phi) is 3.54. The van der Waals surface area contributed by atoms with Gasteiger partial charge in [-0.1, -0.05) is 6.92 Å². The number of nitrogens with two attached hydrogens (primary N) is 1. The Morgan fingerprint density at radius 2 is 2.46 bits per heavy atom. The molecule has 0 aliphatic carbocycles. The first kappa shape index (κ1) is 10.3. The lowest BCUT2D eigenvalue weighted by molar-refractivity contribution is 0.177. The third-order valence-electron chi connectivity index (χ3n) is 2.15. The van der Waals surface area contributed by atoms with Crippen molar-refractivity contribution in [2.75, 3.05) is 19.8 Å². The van der Waals surface area contributed by atoms with E-state index in [0.717, 1.165) is 32.6 Å². The normalized spacial score (nSPS) is 29.2. The van der Waals surface area contributed by atoms with Crippen LogP contribution < -0.4 is 11.1 Å². The molecule has 1 aliphatic rings. The Hall–Kier alpha value is -0.770. The third-order valence-corrected chi connectivity index (χ3v) is 2.15. The predicted octanol–water partition coefficient (Wildman–Crippen LogP) is 0.480. The van der Waals surface area contributed by atoms with Gasteiger partial charge >= 0.3 is 0 Å². The van der Waals surface area contributed by atoms with Gasteiger partial charge in [-0.15, -0.1) is 0 Å². The van der Waals surface area contributed by atoms with Gasteiger partial charge in [0.2, 0.25) is 0 Å². The van der Waals surface area contributed by atoms with Gasteiger partial charge in [0, 0.05) is 13.2 Å². The largest absolute Gasteiger partial charge is 0.379 e. The van der Waals surface area contributed by atoms with Crippen LogP contribution in [0.3, 0.4) is 0 Å². The number of ether oxygens (including phenoxy) is 1. The number of rotatable bonds is 3. The van der Waals surface area contributed by atoms with E-state index in [1.54, 1.807) is 0 Å². The Morgan fingerprint density at radius 1 is 1.69 bits per heavy atom. The van der Waals surface area contributed by atoms with E-state index < -0.39 is 0 Å². The molecule has 1 fully saturated rings. The van der Waals surface area contributed by atoms with Gasteiger partial charge in [0.05, 0.1) is 12.1 Å². The van der Waals surface area contributed by atoms with Crippen molar-refractivity contribution in [2.45, 2.75) is 32.2 Å². The summed E-state index contributed by atoms with van der Waals surface area (Å²) in [4.78, 5) is 4.18. The number of hydrogen-bond acceptors (Lipinski definition) is 2. The molecule has 1 heterocycles. The van der Waals surface area contributed by atoms with Crippen LogP contribution in [0, 0.1) is 0 Å². The van der Waals surface area contributed by atoms with Crippen LogP contribution in [0.2, 0.25) is 0 Å². The van der Waals surface area contributed by atoms with Crippen molar-refractivity contribution in [3.8, 4) is 0 Å². The standard InChI is InChI=1S/C9H19N3O/c1-3-5-11-8(10)12-9(2)4-6-13-7-9/h3-7H2,1-2H3,(H3,10,11,12). The molecule has 1 atom stereocenters. The lowest BCUT2D eigenvalue weighted by Crippen LogP contribution is -2.49. The highest BCUT2D eigenvalue weighted by molar-refractivity contribution is 5.78. The van der Waals surface area contributed by atoms with Crippen molar-refractivity contribution in [3.63, 3.8) is 0 Å². The van der Waals surface area contributed by atoms with Crippen LogP contribution >= 0.6 is 0 Å². The van der Waals surface area contributed by atoms with Crippen molar-refractivity contribution >= 4 is 5.96 Å². The van der Waals surface area contributed by atoms with Crippen LogP contribution in [-0.4, -0.2) is 31.3 Å². The summed E-state index contributed by atoms with van der Waals surface area (Å²) in [5, 5.41) is 3.19. The third kappa shape index (κ3) is 3.22. The monoisotopic (exact) mass is 185 g/mol. The van der Waals surface area contributed by atoms with Crippen molar-refractivity contribution in [1.82, 2.24) is 5.32 Å². The maximum atomic E-state index is 5.71. The second-order valence-electron chi connectivity index (χ2n) is 3.76. The zero-order valence-electron chi connectivity index (χ0n) is 8.47. The fourth-order valence-corrected chi connectivity index (χ4v) is 1.35. The summed E-state index contributed by atoms with van der Waals surface area (Å²) in [5.74, 6) is 0.537. The van der Waals surface area contributed by atoms with Gasteiger partial charge in [-0.25, -0.2) is 0 Å². The molecule has 0 radical (unpaired) electrons. The molecule has 0 spiro atoms. The Balaban J connectivity index is 2.37. The summed E-state index contributed by atoms with van der Waals surface area (Å²) in [6, 6.07) is 0. The second-order valence-corrected chi connectivity index (χ2v) is 3.76. The minimum atomic E-state index is -0.0126. The first-order chi connectivity index (χ1) is 6.16. The maximum Gasteiger partial charge on any atom is 0.189 e. The molecule has 1 aliphatic heterocycles. The highest BCUT2D eigenvalue weighted by Crippen LogP contribution is 2.16. The van der Waals surface area contributed by atoms with Crippen molar-refractivity contribution in [1.29, 1.82) is 0 Å². The molecule has 1 unspecified atom stereocenters. The van der Waals surface area contributed by atoms with Gasteiger partial charge < -0.3 is 15.8 Å². The highest BCUT2D eigenvalue weighted by atomic mass is 16.5. The maximum absolute atomic E-state index is 5.71. The van der Waals surface area contributed by atoms with Crippen LogP contribution in [0.25, 0.3) is 0 Å². The van der Waals surface area contributed by atoms with E-state index in [1.807, 2.05) is 0 Å². The fraction of sp³-hybridized carbons (Fsp3) is 0.889. The predicted molar refractivity (Wildman–Crippen MR) is 53.8 cm³/mol. The van der Waals surface area contributed by atoms with Gasteiger partial charge in [-0.05, 0) is 19.8 Å². The van der Waals surface area contributed by atoms with Crippen LogP contribution in [0.1, 0.15) is 26.7 Å². The first-order valence-electron chi connectivity index (χ1n) is 4.82. The molecule has 3 N–H and O–H groups in total. The topological polar surface area (TPSA) is 59.6 Å². The summed E-state index contributed by atoms with van der Waals surface area (Å²) >= 11 is 0. The van der Waals surface area contributed by atoms with Gasteiger partial charge in [0.1, 0.15) is 0 Å². The van der Waals surface area contributed by atoms with Crippen LogP contribution in [0.4, 0.5) is 0 Å². The molecule has 4 heteroatoms. The average molecular weight is 185 g/mol. The Morgan fingerprint density at radius 3 is 3.00 bits per heavy atom. The van der Waals surface area contributed by atoms with Gasteiger partial charge in [0.15, 0.2) is 5.96 Å². The molecule has 0 bridgehead atoms. The molecule has 0 aromatic rings. The molecular formula is C9H19N3O. The molecule has 0 aromatic heterocycles. The first-order valence-corrected chi connectivity index (χ1v) is 4.82. The lowest BCUT2D eigenvalue weighted by atomic mass is 10.0. The zero-order valence-corrected chi connectivity index (χ0v) is 8.47. The fourth-order valence-electron chi connectivity index (χ4n) is 1.35. The number of aliphatic imine (C=N–C) groups is 1. The average Bonchev–Trinajstić information content (AvgIpc) is 2.48. The van der Waals surface area contributed by atoms with Gasteiger partial charge in [0.25, 0.3) is 0 Å². The lowest BCUT2D eigenvalue weighted by Gasteiger charge is -2.23. The summed E-state index contributed by atoms with van der Waals surface area (Å²) < 4.78 is 5.29. The number of nitrogens with zero attached hydrogens (tertiary/aromatic N) is 1. The number of nitrogens with one attached hydrogen (secondary N) is 1. The molecule has 1 saturated heterocycles. The summed E-state index contributed by atoms with van der Waals surface area (Å²) in [6.45, 7) is 6.50. The SMILES string of the molecule is CCCN=C(N)NC1(C)CCOC1. The minimum Gasteiger partial charge on any atom is -0.379 e. The van der Waals surface area contributed by atoms with E-state index in [-0.39, 0.29) is 5.54 Å². The Labute approximate surface area is 79.6 Å². The molecular weight excluding hydrogens is 166 g/mol. The zero-order chi connectivity index (χ0) is 9.73. The quantitative estimate of drug-likeness (QED) is 0.496. The van der Waals surface area contributed by atoms with Crippen molar-refractivity contribution < 1.29 is 4.74 Å². The molecule has 4 nitrogen and oxygen atoms in total. The number of hydrogen-bond donors (Lipinski definition) is 2. The van der Waals surface area contributed by atoms with Crippen LogP contribution in [0.5, 0.6) is 0 Å². The van der Waals surface area contributed by atoms with Crippen LogP contribution in [0.15, 0.2) is 4.99 Å². The van der Waals surface area contributed by atoms with E-state index in [9.17, 15) is 0 Å². The molecule has 0 aromatic carbocycles. The smallest absolute Gasteiger partial charge is 0.189 e.